The molecule has 0 bridgehead atoms. The van der Waals surface area contributed by atoms with Gasteiger partial charge in [-0.2, -0.15) is 0 Å². The summed E-state index contributed by atoms with van der Waals surface area (Å²) in [7, 11) is 1.35. The molecule has 0 spiro atoms. The van der Waals surface area contributed by atoms with Crippen molar-refractivity contribution in [3.05, 3.63) is 23.8 Å². The topological polar surface area (TPSA) is 64.6 Å². The summed E-state index contributed by atoms with van der Waals surface area (Å²) in [5.41, 5.74) is 1.72. The molecule has 0 fully saturated rings. The minimum absolute atomic E-state index is 0.112. The van der Waals surface area contributed by atoms with Crippen LogP contribution in [0.3, 0.4) is 0 Å². The van der Waals surface area contributed by atoms with Gasteiger partial charge in [-0.15, -0.1) is 0 Å². The molecule has 96 valence electrons. The van der Waals surface area contributed by atoms with Crippen LogP contribution in [0.2, 0.25) is 0 Å². The van der Waals surface area contributed by atoms with E-state index in [1.54, 1.807) is 12.1 Å². The highest BCUT2D eigenvalue weighted by molar-refractivity contribution is 5.88. The molecular weight excluding hydrogens is 234 g/mol. The first kappa shape index (κ1) is 12.4. The molecule has 18 heavy (non-hydrogen) atoms. The predicted molar refractivity (Wildman–Crippen MR) is 65.5 cm³/mol. The molecule has 0 saturated carbocycles. The van der Waals surface area contributed by atoms with Gasteiger partial charge in [-0.25, -0.2) is 4.79 Å². The van der Waals surface area contributed by atoms with Crippen LogP contribution in [0.5, 0.6) is 5.75 Å². The monoisotopic (exact) mass is 249 g/mol. The minimum Gasteiger partial charge on any atom is -0.478 e. The number of anilines is 1. The smallest absolute Gasteiger partial charge is 0.347 e. The normalized spacial score (nSPS) is 17.3. The van der Waals surface area contributed by atoms with Crippen LogP contribution in [0.25, 0.3) is 0 Å². The third-order valence-electron chi connectivity index (χ3n) is 2.79. The van der Waals surface area contributed by atoms with Crippen molar-refractivity contribution >= 4 is 17.6 Å². The molecule has 1 amide bonds. The van der Waals surface area contributed by atoms with Crippen LogP contribution in [-0.2, 0) is 20.7 Å². The quantitative estimate of drug-likeness (QED) is 0.807. The Morgan fingerprint density at radius 1 is 1.44 bits per heavy atom. The van der Waals surface area contributed by atoms with Crippen molar-refractivity contribution in [2.45, 2.75) is 25.9 Å². The van der Waals surface area contributed by atoms with Gasteiger partial charge in [-0.05, 0) is 36.6 Å². The van der Waals surface area contributed by atoms with Crippen LogP contribution in [0.15, 0.2) is 18.2 Å². The number of aryl methyl sites for hydroxylation is 1. The highest BCUT2D eigenvalue weighted by Crippen LogP contribution is 2.30. The van der Waals surface area contributed by atoms with Crippen molar-refractivity contribution in [1.29, 1.82) is 0 Å². The van der Waals surface area contributed by atoms with Gasteiger partial charge >= 0.3 is 5.97 Å². The lowest BCUT2D eigenvalue weighted by molar-refractivity contribution is -0.149. The van der Waals surface area contributed by atoms with Crippen LogP contribution in [0.4, 0.5) is 5.69 Å². The van der Waals surface area contributed by atoms with Gasteiger partial charge in [0.2, 0.25) is 5.91 Å². The number of carbonyl (C=O) groups excluding carboxylic acids is 2. The number of esters is 1. The highest BCUT2D eigenvalue weighted by Gasteiger charge is 2.26. The van der Waals surface area contributed by atoms with E-state index in [4.69, 9.17) is 4.74 Å². The Kier molecular flexibility index (Phi) is 3.50. The van der Waals surface area contributed by atoms with E-state index in [9.17, 15) is 9.59 Å². The molecule has 1 aromatic carbocycles. The summed E-state index contributed by atoms with van der Waals surface area (Å²) in [5, 5.41) is 2.71. The number of hydrogen-bond donors (Lipinski definition) is 1. The van der Waals surface area contributed by atoms with Crippen molar-refractivity contribution in [2.24, 2.45) is 0 Å². The number of amides is 1. The molecule has 5 nitrogen and oxygen atoms in total. The van der Waals surface area contributed by atoms with Gasteiger partial charge in [-0.1, -0.05) is 0 Å². The molecule has 0 aromatic heterocycles. The Labute approximate surface area is 105 Å². The molecule has 1 aliphatic heterocycles. The number of rotatable bonds is 2. The van der Waals surface area contributed by atoms with E-state index in [0.29, 0.717) is 12.2 Å². The maximum atomic E-state index is 11.4. The van der Waals surface area contributed by atoms with Gasteiger partial charge < -0.3 is 14.8 Å². The van der Waals surface area contributed by atoms with Gasteiger partial charge in [0.25, 0.3) is 0 Å². The Hall–Kier alpha value is -2.04. The number of carbonyl (C=O) groups is 2. The highest BCUT2D eigenvalue weighted by atomic mass is 16.6. The summed E-state index contributed by atoms with van der Waals surface area (Å²) < 4.78 is 10.2. The van der Waals surface area contributed by atoms with E-state index in [-0.39, 0.29) is 11.9 Å². The standard InChI is InChI=1S/C13H15NO4/c1-8(15)14-10-4-6-11-9(7-10)3-5-12(18-11)13(16)17-2/h4,6-7,12H,3,5H2,1-2H3,(H,14,15). The molecule has 1 aromatic rings. The first-order valence-electron chi connectivity index (χ1n) is 5.75. The molecule has 0 aliphatic carbocycles. The first-order chi connectivity index (χ1) is 8.60. The lowest BCUT2D eigenvalue weighted by Gasteiger charge is -2.24. The molecule has 1 N–H and O–H groups in total. The molecule has 5 heteroatoms. The third-order valence-corrected chi connectivity index (χ3v) is 2.79. The number of benzene rings is 1. The summed E-state index contributed by atoms with van der Waals surface area (Å²) in [6, 6.07) is 5.37. The third kappa shape index (κ3) is 2.61. The largest absolute Gasteiger partial charge is 0.478 e. The SMILES string of the molecule is COC(=O)C1CCc2cc(NC(C)=O)ccc2O1. The summed E-state index contributed by atoms with van der Waals surface area (Å²) in [6.07, 6.45) is 0.778. The predicted octanol–water partition coefficient (Wildman–Crippen LogP) is 1.51. The fraction of sp³-hybridized carbons (Fsp3) is 0.385. The van der Waals surface area contributed by atoms with Crippen LogP contribution in [0, 0.1) is 0 Å². The number of methoxy groups -OCH3 is 1. The Morgan fingerprint density at radius 3 is 2.89 bits per heavy atom. The van der Waals surface area contributed by atoms with Gasteiger partial charge in [-0.3, -0.25) is 4.79 Å². The maximum Gasteiger partial charge on any atom is 0.347 e. The fourth-order valence-electron chi connectivity index (χ4n) is 1.97. The molecule has 1 atom stereocenters. The zero-order valence-electron chi connectivity index (χ0n) is 10.4. The summed E-state index contributed by atoms with van der Waals surface area (Å²) in [4.78, 5) is 22.3. The van der Waals surface area contributed by atoms with Gasteiger partial charge in [0.1, 0.15) is 5.75 Å². The molecule has 0 saturated heterocycles. The van der Waals surface area contributed by atoms with Crippen molar-refractivity contribution in [3.63, 3.8) is 0 Å². The Balaban J connectivity index is 2.15. The minimum atomic E-state index is -0.533. The zero-order valence-corrected chi connectivity index (χ0v) is 10.4. The average Bonchev–Trinajstić information content (AvgIpc) is 2.36. The molecule has 1 aliphatic rings. The summed E-state index contributed by atoms with van der Waals surface area (Å²) in [5.74, 6) is 0.205. The van der Waals surface area contributed by atoms with E-state index in [1.807, 2.05) is 6.07 Å². The van der Waals surface area contributed by atoms with Crippen LogP contribution < -0.4 is 10.1 Å². The lowest BCUT2D eigenvalue weighted by atomic mass is 10.0. The summed E-state index contributed by atoms with van der Waals surface area (Å²) in [6.45, 7) is 1.46. The number of ether oxygens (including phenoxy) is 2. The second kappa shape index (κ2) is 5.08. The van der Waals surface area contributed by atoms with E-state index in [0.717, 1.165) is 17.7 Å². The molecular formula is C13H15NO4. The molecule has 0 radical (unpaired) electrons. The van der Waals surface area contributed by atoms with Crippen LogP contribution in [0.1, 0.15) is 18.9 Å². The second-order valence-corrected chi connectivity index (χ2v) is 4.17. The van der Waals surface area contributed by atoms with Crippen LogP contribution >= 0.6 is 0 Å². The van der Waals surface area contributed by atoms with Gasteiger partial charge in [0.05, 0.1) is 7.11 Å². The van der Waals surface area contributed by atoms with Gasteiger partial charge in [0, 0.05) is 12.6 Å². The number of fused-ring (bicyclic) bond motifs is 1. The van der Waals surface area contributed by atoms with Gasteiger partial charge in [0.15, 0.2) is 6.10 Å². The van der Waals surface area contributed by atoms with Crippen molar-refractivity contribution < 1.29 is 19.1 Å². The van der Waals surface area contributed by atoms with Crippen molar-refractivity contribution in [1.82, 2.24) is 0 Å². The maximum absolute atomic E-state index is 11.4. The van der Waals surface area contributed by atoms with Crippen molar-refractivity contribution in [2.75, 3.05) is 12.4 Å². The number of hydrogen-bond acceptors (Lipinski definition) is 4. The average molecular weight is 249 g/mol. The summed E-state index contributed by atoms with van der Waals surface area (Å²) >= 11 is 0. The Morgan fingerprint density at radius 2 is 2.22 bits per heavy atom. The lowest BCUT2D eigenvalue weighted by Crippen LogP contribution is -2.32. The fourth-order valence-corrected chi connectivity index (χ4v) is 1.97. The molecule has 1 unspecified atom stereocenters. The van der Waals surface area contributed by atoms with Crippen LogP contribution in [-0.4, -0.2) is 25.1 Å². The Bertz CT molecular complexity index is 484. The van der Waals surface area contributed by atoms with Crippen molar-refractivity contribution in [3.8, 4) is 5.75 Å². The first-order valence-corrected chi connectivity index (χ1v) is 5.75. The molecule has 2 rings (SSSR count). The van der Waals surface area contributed by atoms with E-state index in [2.05, 4.69) is 10.1 Å². The number of nitrogens with one attached hydrogen (secondary N) is 1. The zero-order chi connectivity index (χ0) is 13.1. The van der Waals surface area contributed by atoms with E-state index < -0.39 is 6.10 Å². The van der Waals surface area contributed by atoms with E-state index in [1.165, 1.54) is 14.0 Å². The van der Waals surface area contributed by atoms with E-state index >= 15 is 0 Å². The molecule has 1 heterocycles. The second-order valence-electron chi connectivity index (χ2n) is 4.17.